The van der Waals surface area contributed by atoms with Crippen LogP contribution >= 0.6 is 12.6 Å². The number of carbonyl (C=O) groups excluding carboxylic acids is 2. The van der Waals surface area contributed by atoms with Crippen molar-refractivity contribution in [1.82, 2.24) is 10.6 Å². The Hall–Kier alpha value is -3.00. The fourth-order valence-corrected chi connectivity index (χ4v) is 4.50. The second kappa shape index (κ2) is 11.6. The van der Waals surface area contributed by atoms with Crippen LogP contribution in [0.3, 0.4) is 0 Å². The number of benzene rings is 2. The minimum atomic E-state index is -1.12. The van der Waals surface area contributed by atoms with Crippen LogP contribution in [0, 0.1) is 5.92 Å². The Morgan fingerprint density at radius 2 is 1.69 bits per heavy atom. The minimum Gasteiger partial charge on any atom is -0.496 e. The highest BCUT2D eigenvalue weighted by molar-refractivity contribution is 7.81. The van der Waals surface area contributed by atoms with E-state index in [1.54, 1.807) is 7.11 Å². The van der Waals surface area contributed by atoms with Gasteiger partial charge < -0.3 is 20.5 Å². The summed E-state index contributed by atoms with van der Waals surface area (Å²) in [5.74, 6) is -1.13. The fourth-order valence-electron chi connectivity index (χ4n) is 4.44. The molecule has 0 aromatic heterocycles. The van der Waals surface area contributed by atoms with Crippen LogP contribution in [0.1, 0.15) is 45.1 Å². The van der Waals surface area contributed by atoms with Gasteiger partial charge >= 0.3 is 5.97 Å². The Morgan fingerprint density at radius 3 is 2.26 bits per heavy atom. The molecule has 0 saturated heterocycles. The van der Waals surface area contributed by atoms with Gasteiger partial charge in [-0.25, -0.2) is 4.79 Å². The average molecular weight is 499 g/mol. The van der Waals surface area contributed by atoms with E-state index in [1.165, 1.54) is 0 Å². The van der Waals surface area contributed by atoms with Gasteiger partial charge in [-0.3, -0.25) is 9.59 Å². The molecule has 0 aliphatic heterocycles. The Bertz CT molecular complexity index is 1050. The number of carboxylic acids is 1. The third-order valence-electron chi connectivity index (χ3n) is 6.57. The number of nitrogens with one attached hydrogen (secondary N) is 2. The van der Waals surface area contributed by atoms with E-state index < -0.39 is 28.7 Å². The summed E-state index contributed by atoms with van der Waals surface area (Å²) in [6.45, 7) is 3.77. The molecule has 1 saturated carbocycles. The smallest absolute Gasteiger partial charge is 0.326 e. The van der Waals surface area contributed by atoms with E-state index in [2.05, 4.69) is 23.3 Å². The van der Waals surface area contributed by atoms with Crippen molar-refractivity contribution in [2.45, 2.75) is 62.8 Å². The normalized spacial score (nSPS) is 16.4. The molecule has 0 bridgehead atoms. The zero-order valence-corrected chi connectivity index (χ0v) is 21.3. The Balaban J connectivity index is 1.73. The van der Waals surface area contributed by atoms with Crippen LogP contribution in [0.25, 0.3) is 11.1 Å². The molecule has 2 atom stereocenters. The number of rotatable bonds is 10. The van der Waals surface area contributed by atoms with Crippen LogP contribution in [0.5, 0.6) is 5.75 Å². The van der Waals surface area contributed by atoms with Gasteiger partial charge in [-0.05, 0) is 36.0 Å². The first-order valence-electron chi connectivity index (χ1n) is 11.9. The number of amides is 2. The maximum Gasteiger partial charge on any atom is 0.326 e. The number of aliphatic carboxylic acids is 1. The van der Waals surface area contributed by atoms with E-state index in [0.29, 0.717) is 12.8 Å². The molecule has 0 radical (unpaired) electrons. The van der Waals surface area contributed by atoms with Crippen molar-refractivity contribution in [3.8, 4) is 16.9 Å². The third-order valence-corrected chi connectivity index (χ3v) is 7.40. The molecular weight excluding hydrogens is 464 g/mol. The van der Waals surface area contributed by atoms with Crippen molar-refractivity contribution in [3.05, 3.63) is 54.1 Å². The number of carbonyl (C=O) groups is 3. The SMILES string of the molecule is COc1ccccc1-c1ccc(CC(NC(=O)C2(NC(=O)[C@@H](S)C(C)C)CCCC2)C(=O)O)cc1. The van der Waals surface area contributed by atoms with Crippen LogP contribution < -0.4 is 15.4 Å². The second-order valence-electron chi connectivity index (χ2n) is 9.43. The number of methoxy groups -OCH3 is 1. The summed E-state index contributed by atoms with van der Waals surface area (Å²) in [5.41, 5.74) is 1.55. The van der Waals surface area contributed by atoms with Gasteiger partial charge in [-0.2, -0.15) is 12.6 Å². The molecule has 3 rings (SSSR count). The maximum atomic E-state index is 13.3. The molecule has 0 heterocycles. The summed E-state index contributed by atoms with van der Waals surface area (Å²) >= 11 is 4.37. The first-order valence-corrected chi connectivity index (χ1v) is 12.4. The molecule has 7 nitrogen and oxygen atoms in total. The van der Waals surface area contributed by atoms with Crippen molar-refractivity contribution in [2.75, 3.05) is 7.11 Å². The zero-order chi connectivity index (χ0) is 25.6. The molecule has 2 aromatic rings. The van der Waals surface area contributed by atoms with Gasteiger partial charge in [0, 0.05) is 12.0 Å². The van der Waals surface area contributed by atoms with Crippen molar-refractivity contribution >= 4 is 30.4 Å². The lowest BCUT2D eigenvalue weighted by molar-refractivity contribution is -0.143. The zero-order valence-electron chi connectivity index (χ0n) is 20.4. The van der Waals surface area contributed by atoms with E-state index in [1.807, 2.05) is 62.4 Å². The summed E-state index contributed by atoms with van der Waals surface area (Å²) in [4.78, 5) is 38.0. The van der Waals surface area contributed by atoms with E-state index >= 15 is 0 Å². The maximum absolute atomic E-state index is 13.3. The van der Waals surface area contributed by atoms with Gasteiger partial charge in [0.25, 0.3) is 0 Å². The summed E-state index contributed by atoms with van der Waals surface area (Å²) in [6.07, 6.45) is 2.65. The highest BCUT2D eigenvalue weighted by Gasteiger charge is 2.44. The van der Waals surface area contributed by atoms with Crippen molar-refractivity contribution in [1.29, 1.82) is 0 Å². The molecule has 8 heteroatoms. The summed E-state index contributed by atoms with van der Waals surface area (Å²) in [7, 11) is 1.62. The minimum absolute atomic E-state index is 0.00504. The quantitative estimate of drug-likeness (QED) is 0.373. The number of thiol groups is 1. The molecule has 1 aliphatic rings. The number of hydrogen-bond donors (Lipinski definition) is 4. The van der Waals surface area contributed by atoms with Gasteiger partial charge in [0.1, 0.15) is 17.3 Å². The summed E-state index contributed by atoms with van der Waals surface area (Å²) < 4.78 is 5.42. The number of ether oxygens (including phenoxy) is 1. The lowest BCUT2D eigenvalue weighted by Crippen LogP contribution is -2.61. The number of para-hydroxylation sites is 1. The van der Waals surface area contributed by atoms with Gasteiger partial charge in [-0.15, -0.1) is 0 Å². The predicted molar refractivity (Wildman–Crippen MR) is 139 cm³/mol. The van der Waals surface area contributed by atoms with E-state index in [0.717, 1.165) is 35.3 Å². The highest BCUT2D eigenvalue weighted by Crippen LogP contribution is 2.32. The molecule has 188 valence electrons. The van der Waals surface area contributed by atoms with Gasteiger partial charge in [-0.1, -0.05) is 69.2 Å². The summed E-state index contributed by atoms with van der Waals surface area (Å²) in [6, 6.07) is 14.1. The Morgan fingerprint density at radius 1 is 1.06 bits per heavy atom. The van der Waals surface area contributed by atoms with Crippen molar-refractivity contribution in [2.24, 2.45) is 5.92 Å². The van der Waals surface area contributed by atoms with Crippen LogP contribution in [-0.4, -0.2) is 46.8 Å². The van der Waals surface area contributed by atoms with E-state index in [-0.39, 0.29) is 18.2 Å². The molecule has 0 spiro atoms. The molecule has 1 fully saturated rings. The Kier molecular flexibility index (Phi) is 8.83. The van der Waals surface area contributed by atoms with Crippen LogP contribution in [0.15, 0.2) is 48.5 Å². The van der Waals surface area contributed by atoms with E-state index in [9.17, 15) is 19.5 Å². The molecular formula is C27H34N2O5S. The Labute approximate surface area is 212 Å². The predicted octanol–water partition coefficient (Wildman–Crippen LogP) is 3.86. The van der Waals surface area contributed by atoms with Gasteiger partial charge in [0.15, 0.2) is 0 Å². The molecule has 2 amide bonds. The largest absolute Gasteiger partial charge is 0.496 e. The van der Waals surface area contributed by atoms with Crippen molar-refractivity contribution in [3.63, 3.8) is 0 Å². The van der Waals surface area contributed by atoms with Gasteiger partial charge in [0.2, 0.25) is 11.8 Å². The van der Waals surface area contributed by atoms with Crippen LogP contribution in [0.4, 0.5) is 0 Å². The third kappa shape index (κ3) is 6.36. The highest BCUT2D eigenvalue weighted by atomic mass is 32.1. The van der Waals surface area contributed by atoms with E-state index in [4.69, 9.17) is 4.74 Å². The fraction of sp³-hybridized carbons (Fsp3) is 0.444. The second-order valence-corrected chi connectivity index (χ2v) is 9.99. The molecule has 3 N–H and O–H groups in total. The molecule has 1 unspecified atom stereocenters. The lowest BCUT2D eigenvalue weighted by atomic mass is 9.94. The summed E-state index contributed by atoms with van der Waals surface area (Å²) in [5, 5.41) is 14.9. The monoisotopic (exact) mass is 498 g/mol. The number of carboxylic acid groups (broad SMARTS) is 1. The first kappa shape index (κ1) is 26.6. The lowest BCUT2D eigenvalue weighted by Gasteiger charge is -2.32. The molecule has 2 aromatic carbocycles. The number of hydrogen-bond acceptors (Lipinski definition) is 5. The van der Waals surface area contributed by atoms with Crippen LogP contribution in [-0.2, 0) is 20.8 Å². The van der Waals surface area contributed by atoms with Crippen LogP contribution in [0.2, 0.25) is 0 Å². The molecule has 35 heavy (non-hydrogen) atoms. The molecule has 1 aliphatic carbocycles. The first-order chi connectivity index (χ1) is 16.7. The topological polar surface area (TPSA) is 105 Å². The average Bonchev–Trinajstić information content (AvgIpc) is 3.33. The van der Waals surface area contributed by atoms with Gasteiger partial charge in [0.05, 0.1) is 12.4 Å². The van der Waals surface area contributed by atoms with Crippen molar-refractivity contribution < 1.29 is 24.2 Å². The standard InChI is InChI=1S/C27H34N2O5S/c1-17(2)23(35)24(30)29-27(14-6-7-15-27)26(33)28-21(25(31)32)16-18-10-12-19(13-11-18)20-8-4-5-9-22(20)34-3/h4-5,8-13,17,21,23,35H,6-7,14-16H2,1-3H3,(H,28,33)(H,29,30)(H,31,32)/t21?,23-/m0/s1.